The Hall–Kier alpha value is -1.38. The monoisotopic (exact) mass is 292 g/mol. The van der Waals surface area contributed by atoms with E-state index in [2.05, 4.69) is 0 Å². The molecule has 0 aliphatic heterocycles. The summed E-state index contributed by atoms with van der Waals surface area (Å²) in [6, 6.07) is 3.15. The first-order valence-electron chi connectivity index (χ1n) is 8.03. The maximum Gasteiger partial charge on any atom is 0.201 e. The van der Waals surface area contributed by atoms with E-state index in [1.54, 1.807) is 18.2 Å². The largest absolute Gasteiger partial charge is 0.490 e. The van der Waals surface area contributed by atoms with E-state index in [4.69, 9.17) is 4.74 Å². The van der Waals surface area contributed by atoms with Crippen molar-refractivity contribution in [3.8, 4) is 5.75 Å². The molecule has 1 nitrogen and oxygen atoms in total. The maximum atomic E-state index is 14.0. The van der Waals surface area contributed by atoms with Crippen molar-refractivity contribution in [3.05, 3.63) is 35.4 Å². The van der Waals surface area contributed by atoms with Gasteiger partial charge >= 0.3 is 0 Å². The van der Waals surface area contributed by atoms with Crippen molar-refractivity contribution in [2.45, 2.75) is 44.9 Å². The Kier molecular flexibility index (Phi) is 4.57. The van der Waals surface area contributed by atoms with Crippen LogP contribution in [0.25, 0.3) is 6.08 Å². The number of rotatable bonds is 6. The van der Waals surface area contributed by atoms with E-state index in [1.165, 1.54) is 25.7 Å². The summed E-state index contributed by atoms with van der Waals surface area (Å²) in [5.41, 5.74) is 0.314. The molecule has 2 aliphatic carbocycles. The highest BCUT2D eigenvalue weighted by Gasteiger charge is 2.21. The van der Waals surface area contributed by atoms with Crippen molar-refractivity contribution in [2.24, 2.45) is 11.8 Å². The van der Waals surface area contributed by atoms with Gasteiger partial charge in [-0.25, -0.2) is 4.39 Å². The molecular weight excluding hydrogens is 270 g/mol. The minimum absolute atomic E-state index is 0.0335. The first kappa shape index (κ1) is 14.6. The lowest BCUT2D eigenvalue weighted by molar-refractivity contribution is 0.283. The summed E-state index contributed by atoms with van der Waals surface area (Å²) < 4.78 is 33.4. The van der Waals surface area contributed by atoms with E-state index >= 15 is 0 Å². The summed E-state index contributed by atoms with van der Waals surface area (Å²) in [4.78, 5) is 0. The van der Waals surface area contributed by atoms with Gasteiger partial charge in [0.1, 0.15) is 0 Å². The van der Waals surface area contributed by atoms with Crippen molar-refractivity contribution in [1.82, 2.24) is 0 Å². The Morgan fingerprint density at radius 2 is 1.81 bits per heavy atom. The SMILES string of the molecule is Fc1c(/C=C/C2CCCC2)ccc(OCCC2CC2)c1F. The number of allylic oxidation sites excluding steroid dienone is 1. The molecule has 0 heterocycles. The minimum atomic E-state index is -0.862. The molecule has 0 bridgehead atoms. The summed E-state index contributed by atoms with van der Waals surface area (Å²) in [5, 5.41) is 0. The van der Waals surface area contributed by atoms with Crippen LogP contribution < -0.4 is 4.74 Å². The van der Waals surface area contributed by atoms with E-state index in [9.17, 15) is 8.78 Å². The van der Waals surface area contributed by atoms with Gasteiger partial charge in [0.25, 0.3) is 0 Å². The second-order valence-corrected chi connectivity index (χ2v) is 6.27. The van der Waals surface area contributed by atoms with Crippen molar-refractivity contribution in [3.63, 3.8) is 0 Å². The molecular formula is C18H22F2O. The number of hydrogen-bond donors (Lipinski definition) is 0. The van der Waals surface area contributed by atoms with Crippen LogP contribution in [-0.2, 0) is 0 Å². The van der Waals surface area contributed by atoms with Gasteiger partial charge in [-0.05, 0) is 43.2 Å². The molecule has 2 fully saturated rings. The summed E-state index contributed by atoms with van der Waals surface area (Å²) in [5.74, 6) is -0.382. The Balaban J connectivity index is 1.63. The van der Waals surface area contributed by atoms with E-state index in [0.29, 0.717) is 18.1 Å². The van der Waals surface area contributed by atoms with E-state index < -0.39 is 11.6 Å². The lowest BCUT2D eigenvalue weighted by Crippen LogP contribution is -2.02. The third-order valence-corrected chi connectivity index (χ3v) is 4.51. The van der Waals surface area contributed by atoms with Crippen LogP contribution >= 0.6 is 0 Å². The number of hydrogen-bond acceptors (Lipinski definition) is 1. The average Bonchev–Trinajstić information content (AvgIpc) is 3.16. The Morgan fingerprint density at radius 1 is 1.05 bits per heavy atom. The zero-order valence-corrected chi connectivity index (χ0v) is 12.3. The second-order valence-electron chi connectivity index (χ2n) is 6.27. The van der Waals surface area contributed by atoms with E-state index in [-0.39, 0.29) is 5.75 Å². The fraction of sp³-hybridized carbons (Fsp3) is 0.556. The fourth-order valence-corrected chi connectivity index (χ4v) is 2.92. The number of ether oxygens (including phenoxy) is 1. The van der Waals surface area contributed by atoms with Crippen LogP contribution in [0.1, 0.15) is 50.5 Å². The molecule has 2 aliphatic rings. The highest BCUT2D eigenvalue weighted by Crippen LogP contribution is 2.33. The van der Waals surface area contributed by atoms with Crippen molar-refractivity contribution < 1.29 is 13.5 Å². The Morgan fingerprint density at radius 3 is 2.52 bits per heavy atom. The fourth-order valence-electron chi connectivity index (χ4n) is 2.92. The third kappa shape index (κ3) is 3.84. The van der Waals surface area contributed by atoms with Gasteiger partial charge < -0.3 is 4.74 Å². The molecule has 0 spiro atoms. The van der Waals surface area contributed by atoms with Crippen molar-refractivity contribution >= 4 is 6.08 Å². The van der Waals surface area contributed by atoms with Gasteiger partial charge in [-0.2, -0.15) is 4.39 Å². The van der Waals surface area contributed by atoms with Crippen LogP contribution in [0.3, 0.4) is 0 Å². The van der Waals surface area contributed by atoms with E-state index in [1.807, 2.05) is 6.08 Å². The number of benzene rings is 1. The molecule has 2 saturated carbocycles. The van der Waals surface area contributed by atoms with Crippen LogP contribution in [0.2, 0.25) is 0 Å². The third-order valence-electron chi connectivity index (χ3n) is 4.51. The predicted molar refractivity (Wildman–Crippen MR) is 80.2 cm³/mol. The Bertz CT molecular complexity index is 514. The normalized spacial score (nSPS) is 19.5. The quantitative estimate of drug-likeness (QED) is 0.687. The van der Waals surface area contributed by atoms with Crippen LogP contribution in [-0.4, -0.2) is 6.61 Å². The zero-order chi connectivity index (χ0) is 14.7. The molecule has 0 atom stereocenters. The van der Waals surface area contributed by atoms with Gasteiger partial charge in [0.2, 0.25) is 5.82 Å². The van der Waals surface area contributed by atoms with Crippen LogP contribution in [0.15, 0.2) is 18.2 Å². The van der Waals surface area contributed by atoms with Crippen LogP contribution in [0.4, 0.5) is 8.78 Å². The molecule has 0 radical (unpaired) electrons. The number of halogens is 2. The topological polar surface area (TPSA) is 9.23 Å². The van der Waals surface area contributed by atoms with Gasteiger partial charge in [-0.1, -0.05) is 37.8 Å². The molecule has 0 N–H and O–H groups in total. The highest BCUT2D eigenvalue weighted by atomic mass is 19.2. The van der Waals surface area contributed by atoms with Gasteiger partial charge in [-0.3, -0.25) is 0 Å². The zero-order valence-electron chi connectivity index (χ0n) is 12.3. The highest BCUT2D eigenvalue weighted by molar-refractivity contribution is 5.52. The summed E-state index contributed by atoms with van der Waals surface area (Å²) >= 11 is 0. The molecule has 21 heavy (non-hydrogen) atoms. The molecule has 3 heteroatoms. The minimum Gasteiger partial charge on any atom is -0.490 e. The first-order valence-corrected chi connectivity index (χ1v) is 8.03. The van der Waals surface area contributed by atoms with Crippen molar-refractivity contribution in [2.75, 3.05) is 6.61 Å². The maximum absolute atomic E-state index is 14.0. The second kappa shape index (κ2) is 6.59. The lowest BCUT2D eigenvalue weighted by atomic mass is 10.1. The lowest BCUT2D eigenvalue weighted by Gasteiger charge is -2.09. The van der Waals surface area contributed by atoms with E-state index in [0.717, 1.165) is 25.2 Å². The molecule has 1 aromatic carbocycles. The summed E-state index contributed by atoms with van der Waals surface area (Å²) in [6.07, 6.45) is 11.9. The van der Waals surface area contributed by atoms with Gasteiger partial charge in [-0.15, -0.1) is 0 Å². The van der Waals surface area contributed by atoms with Gasteiger partial charge in [0.15, 0.2) is 11.6 Å². The van der Waals surface area contributed by atoms with Crippen LogP contribution in [0.5, 0.6) is 5.75 Å². The standard InChI is InChI=1S/C18H22F2O/c19-17-15(8-7-13-3-1-2-4-13)9-10-16(18(17)20)21-12-11-14-5-6-14/h7-10,13-14H,1-6,11-12H2/b8-7+. The van der Waals surface area contributed by atoms with Gasteiger partial charge in [0.05, 0.1) is 6.61 Å². The molecule has 0 unspecified atom stereocenters. The molecule has 0 amide bonds. The molecule has 1 aromatic rings. The molecule has 0 aromatic heterocycles. The Labute approximate surface area is 125 Å². The van der Waals surface area contributed by atoms with Crippen molar-refractivity contribution in [1.29, 1.82) is 0 Å². The predicted octanol–water partition coefficient (Wildman–Crippen LogP) is 5.35. The summed E-state index contributed by atoms with van der Waals surface area (Å²) in [7, 11) is 0. The molecule has 114 valence electrons. The smallest absolute Gasteiger partial charge is 0.201 e. The van der Waals surface area contributed by atoms with Crippen LogP contribution in [0, 0.1) is 23.5 Å². The van der Waals surface area contributed by atoms with Gasteiger partial charge in [0, 0.05) is 5.56 Å². The summed E-state index contributed by atoms with van der Waals surface area (Å²) in [6.45, 7) is 0.471. The first-order chi connectivity index (χ1) is 10.2. The average molecular weight is 292 g/mol. The molecule has 0 saturated heterocycles. The molecule has 3 rings (SSSR count).